The lowest BCUT2D eigenvalue weighted by Gasteiger charge is -2.13. The van der Waals surface area contributed by atoms with Crippen LogP contribution in [0.3, 0.4) is 0 Å². The van der Waals surface area contributed by atoms with E-state index in [1.165, 1.54) is 25.3 Å². The van der Waals surface area contributed by atoms with Gasteiger partial charge >= 0.3 is 7.82 Å². The highest BCUT2D eigenvalue weighted by Gasteiger charge is 2.20. The summed E-state index contributed by atoms with van der Waals surface area (Å²) >= 11 is 0. The van der Waals surface area contributed by atoms with Crippen molar-refractivity contribution in [3.63, 3.8) is 0 Å². The quantitative estimate of drug-likeness (QED) is 0.384. The van der Waals surface area contributed by atoms with E-state index in [1.807, 2.05) is 0 Å². The zero-order chi connectivity index (χ0) is 19.2. The van der Waals surface area contributed by atoms with Crippen LogP contribution in [0.4, 0.5) is 0 Å². The van der Waals surface area contributed by atoms with Crippen LogP contribution < -0.4 is 4.74 Å². The molecule has 2 rings (SSSR count). The van der Waals surface area contributed by atoms with Crippen molar-refractivity contribution in [2.75, 3.05) is 20.3 Å². The van der Waals surface area contributed by atoms with Gasteiger partial charge in [0.05, 0.1) is 20.3 Å². The normalized spacial score (nSPS) is 13.3. The van der Waals surface area contributed by atoms with Crippen molar-refractivity contribution in [1.82, 2.24) is 0 Å². The summed E-state index contributed by atoms with van der Waals surface area (Å²) in [6.45, 7) is -0.146. The number of aromatic hydroxyl groups is 3. The van der Waals surface area contributed by atoms with E-state index in [0.29, 0.717) is 17.7 Å². The smallest absolute Gasteiger partial charge is 0.472 e. The lowest BCUT2D eigenvalue weighted by Crippen LogP contribution is -2.03. The number of methoxy groups -OCH3 is 1. The minimum Gasteiger partial charge on any atom is -0.504 e. The van der Waals surface area contributed by atoms with Gasteiger partial charge in [-0.2, -0.15) is 0 Å². The number of ether oxygens (including phenoxy) is 1. The van der Waals surface area contributed by atoms with Crippen LogP contribution in [0.15, 0.2) is 36.4 Å². The molecule has 0 radical (unpaired) electrons. The lowest BCUT2D eigenvalue weighted by atomic mass is 10.1. The molecule has 2 aromatic rings. The third-order valence-electron chi connectivity index (χ3n) is 3.57. The van der Waals surface area contributed by atoms with E-state index >= 15 is 0 Å². The fraction of sp³-hybridized carbons (Fsp3) is 0.294. The van der Waals surface area contributed by atoms with Gasteiger partial charge < -0.3 is 24.9 Å². The SMILES string of the molecule is COc1cc(CCOP(=O)(O)OCCc2ccc(O)c(O)c2)ccc1O. The Morgan fingerprint density at radius 3 is 1.92 bits per heavy atom. The number of hydrogen-bond acceptors (Lipinski definition) is 7. The van der Waals surface area contributed by atoms with Crippen molar-refractivity contribution in [2.45, 2.75) is 12.8 Å². The third kappa shape index (κ3) is 5.93. The molecule has 0 fully saturated rings. The Hall–Kier alpha value is -2.25. The van der Waals surface area contributed by atoms with E-state index in [1.54, 1.807) is 18.2 Å². The fourth-order valence-electron chi connectivity index (χ4n) is 2.20. The molecule has 9 heteroatoms. The molecule has 0 aromatic heterocycles. The summed E-state index contributed by atoms with van der Waals surface area (Å²) in [5, 5.41) is 28.1. The van der Waals surface area contributed by atoms with E-state index < -0.39 is 7.82 Å². The van der Waals surface area contributed by atoms with Crippen LogP contribution in [0.25, 0.3) is 0 Å². The summed E-state index contributed by atoms with van der Waals surface area (Å²) in [5.41, 5.74) is 1.40. The molecule has 0 saturated heterocycles. The zero-order valence-corrected chi connectivity index (χ0v) is 15.1. The molecule has 0 saturated carbocycles. The lowest BCUT2D eigenvalue weighted by molar-refractivity contribution is 0.152. The number of phenolic OH excluding ortho intramolecular Hbond substituents is 3. The van der Waals surface area contributed by atoms with Crippen LogP contribution in [0.5, 0.6) is 23.0 Å². The Labute approximate surface area is 150 Å². The minimum absolute atomic E-state index is 0.00796. The predicted molar refractivity (Wildman–Crippen MR) is 93.6 cm³/mol. The highest BCUT2D eigenvalue weighted by Crippen LogP contribution is 2.43. The van der Waals surface area contributed by atoms with Crippen molar-refractivity contribution in [2.24, 2.45) is 0 Å². The van der Waals surface area contributed by atoms with Gasteiger partial charge in [-0.05, 0) is 48.2 Å². The first-order valence-electron chi connectivity index (χ1n) is 7.79. The second-order valence-corrected chi connectivity index (χ2v) is 6.92. The molecule has 8 nitrogen and oxygen atoms in total. The Balaban J connectivity index is 1.77. The van der Waals surface area contributed by atoms with Crippen LogP contribution >= 0.6 is 7.82 Å². The standard InChI is InChI=1S/C17H21O8P/c1-23-17-11-13(3-5-15(17)19)7-9-25-26(21,22)24-8-6-12-2-4-14(18)16(20)10-12/h2-5,10-11,18-20H,6-9H2,1H3,(H,21,22). The van der Waals surface area contributed by atoms with Gasteiger partial charge in [0.15, 0.2) is 23.0 Å². The monoisotopic (exact) mass is 384 g/mol. The molecule has 142 valence electrons. The van der Waals surface area contributed by atoms with Gasteiger partial charge in [0.2, 0.25) is 0 Å². The van der Waals surface area contributed by atoms with E-state index in [9.17, 15) is 24.8 Å². The van der Waals surface area contributed by atoms with Crippen molar-refractivity contribution >= 4 is 7.82 Å². The Kier molecular flexibility index (Phi) is 6.88. The summed E-state index contributed by atoms with van der Waals surface area (Å²) in [6, 6.07) is 8.97. The maximum atomic E-state index is 11.8. The molecule has 0 spiro atoms. The predicted octanol–water partition coefficient (Wildman–Crippen LogP) is 2.73. The van der Waals surface area contributed by atoms with E-state index in [0.717, 1.165) is 5.56 Å². The van der Waals surface area contributed by atoms with Gasteiger partial charge in [0.1, 0.15) is 0 Å². The number of rotatable bonds is 9. The Morgan fingerprint density at radius 2 is 1.38 bits per heavy atom. The van der Waals surface area contributed by atoms with Crippen LogP contribution in [-0.2, 0) is 26.5 Å². The third-order valence-corrected chi connectivity index (χ3v) is 4.59. The van der Waals surface area contributed by atoms with Gasteiger partial charge in [-0.25, -0.2) is 4.57 Å². The summed E-state index contributed by atoms with van der Waals surface area (Å²) < 4.78 is 26.6. The number of phenols is 3. The molecule has 0 amide bonds. The summed E-state index contributed by atoms with van der Waals surface area (Å²) in [7, 11) is -2.78. The molecule has 0 aliphatic rings. The summed E-state index contributed by atoms with van der Waals surface area (Å²) in [4.78, 5) is 9.67. The first-order chi connectivity index (χ1) is 12.3. The molecule has 2 aromatic carbocycles. The topological polar surface area (TPSA) is 126 Å². The maximum absolute atomic E-state index is 11.8. The van der Waals surface area contributed by atoms with Crippen molar-refractivity contribution in [3.05, 3.63) is 47.5 Å². The van der Waals surface area contributed by atoms with E-state index in [2.05, 4.69) is 0 Å². The molecule has 0 heterocycles. The van der Waals surface area contributed by atoms with Crippen LogP contribution in [0.2, 0.25) is 0 Å². The van der Waals surface area contributed by atoms with Crippen LogP contribution in [0.1, 0.15) is 11.1 Å². The fourth-order valence-corrected chi connectivity index (χ4v) is 2.92. The largest absolute Gasteiger partial charge is 0.504 e. The molecule has 26 heavy (non-hydrogen) atoms. The Bertz CT molecular complexity index is 792. The van der Waals surface area contributed by atoms with E-state index in [4.69, 9.17) is 13.8 Å². The Morgan fingerprint density at radius 1 is 0.846 bits per heavy atom. The van der Waals surface area contributed by atoms with Gasteiger partial charge in [0, 0.05) is 0 Å². The van der Waals surface area contributed by atoms with Crippen LogP contribution in [0, 0.1) is 0 Å². The number of phosphoric ester groups is 1. The molecule has 1 atom stereocenters. The second kappa shape index (κ2) is 8.91. The number of phosphoric acid groups is 1. The average Bonchev–Trinajstić information content (AvgIpc) is 2.59. The van der Waals surface area contributed by atoms with Gasteiger partial charge in [0.25, 0.3) is 0 Å². The summed E-state index contributed by atoms with van der Waals surface area (Å²) in [6.07, 6.45) is 0.591. The summed E-state index contributed by atoms with van der Waals surface area (Å²) in [5.74, 6) is -0.191. The van der Waals surface area contributed by atoms with E-state index in [-0.39, 0.29) is 36.9 Å². The first kappa shape index (κ1) is 20.1. The van der Waals surface area contributed by atoms with Crippen molar-refractivity contribution < 1.29 is 38.6 Å². The molecular weight excluding hydrogens is 363 g/mol. The van der Waals surface area contributed by atoms with Crippen molar-refractivity contribution in [1.29, 1.82) is 0 Å². The number of hydrogen-bond donors (Lipinski definition) is 4. The van der Waals surface area contributed by atoms with Gasteiger partial charge in [-0.3, -0.25) is 9.05 Å². The molecular formula is C17H21O8P. The van der Waals surface area contributed by atoms with Crippen LogP contribution in [-0.4, -0.2) is 40.5 Å². The second-order valence-electron chi connectivity index (χ2n) is 5.46. The van der Waals surface area contributed by atoms with Gasteiger partial charge in [-0.1, -0.05) is 12.1 Å². The number of benzene rings is 2. The van der Waals surface area contributed by atoms with Gasteiger partial charge in [-0.15, -0.1) is 0 Å². The molecule has 0 bridgehead atoms. The first-order valence-corrected chi connectivity index (χ1v) is 9.29. The highest BCUT2D eigenvalue weighted by molar-refractivity contribution is 7.47. The zero-order valence-electron chi connectivity index (χ0n) is 14.2. The molecule has 1 unspecified atom stereocenters. The maximum Gasteiger partial charge on any atom is 0.472 e. The minimum atomic E-state index is -4.21. The molecule has 0 aliphatic carbocycles. The molecule has 4 N–H and O–H groups in total. The highest BCUT2D eigenvalue weighted by atomic mass is 31.2. The molecule has 0 aliphatic heterocycles. The average molecular weight is 384 g/mol. The van der Waals surface area contributed by atoms with Crippen molar-refractivity contribution in [3.8, 4) is 23.0 Å².